The summed E-state index contributed by atoms with van der Waals surface area (Å²) < 4.78 is 5.41. The van der Waals surface area contributed by atoms with Crippen molar-refractivity contribution in [2.24, 2.45) is 40.1 Å². The van der Waals surface area contributed by atoms with E-state index in [-0.39, 0.29) is 29.6 Å². The molecule has 4 aliphatic rings. The summed E-state index contributed by atoms with van der Waals surface area (Å²) in [4.78, 5) is 65.0. The number of hydrogen-bond acceptors (Lipinski definition) is 6. The molecule has 0 aromatic heterocycles. The lowest BCUT2D eigenvalue weighted by molar-refractivity contribution is -0.154. The zero-order valence-corrected chi connectivity index (χ0v) is 21.4. The first-order valence-corrected chi connectivity index (χ1v) is 13.0. The zero-order chi connectivity index (χ0) is 26.4. The molecule has 2 heterocycles. The molecule has 11 nitrogen and oxygen atoms in total. The van der Waals surface area contributed by atoms with E-state index in [4.69, 9.17) is 16.2 Å². The van der Waals surface area contributed by atoms with E-state index in [0.29, 0.717) is 32.4 Å². The third kappa shape index (κ3) is 4.76. The van der Waals surface area contributed by atoms with E-state index in [2.05, 4.69) is 24.5 Å². The van der Waals surface area contributed by atoms with Crippen molar-refractivity contribution < 1.29 is 28.7 Å². The third-order valence-corrected chi connectivity index (χ3v) is 9.19. The molecule has 2 saturated carbocycles. The van der Waals surface area contributed by atoms with Crippen LogP contribution in [0, 0.1) is 28.6 Å². The first kappa shape index (κ1) is 26.2. The Labute approximate surface area is 211 Å². The fourth-order valence-electron chi connectivity index (χ4n) is 6.85. The largest absolute Gasteiger partial charge is 0.436 e. The lowest BCUT2D eigenvalue weighted by atomic mass is 9.71. The number of carbonyl (C=O) groups excluding carboxylic acids is 5. The minimum Gasteiger partial charge on any atom is -0.436 e. The van der Waals surface area contributed by atoms with Crippen LogP contribution in [-0.2, 0) is 23.9 Å². The van der Waals surface area contributed by atoms with Gasteiger partial charge in [0.15, 0.2) is 6.10 Å². The number of rotatable bonds is 8. The number of ether oxygens (including phenoxy) is 1. The standard InChI is InChI=1S/C25H39N5O6/c1-24(2)14-12-30(22(34)18(36-23(27)35)25(3)8-5-4-6-9-25)17(16(14)24)21(33)29-15(19(26)31)11-13-7-10-28-20(13)32/h13-18H,4-12H2,1-3H3,(H2,26,31)(H2,27,35)(H,28,32)(H,29,33)/t13-,14-,15-,16-,17-,18+/m0/s1. The van der Waals surface area contributed by atoms with Crippen molar-refractivity contribution in [3.8, 4) is 0 Å². The maximum absolute atomic E-state index is 13.9. The van der Waals surface area contributed by atoms with Crippen LogP contribution in [0.1, 0.15) is 65.7 Å². The molecule has 0 aromatic carbocycles. The molecule has 200 valence electrons. The molecule has 2 aliphatic heterocycles. The van der Waals surface area contributed by atoms with Crippen LogP contribution in [0.25, 0.3) is 0 Å². The Balaban J connectivity index is 1.56. The number of amides is 5. The molecule has 0 spiro atoms. The van der Waals surface area contributed by atoms with E-state index in [1.54, 1.807) is 0 Å². The van der Waals surface area contributed by atoms with Crippen LogP contribution in [0.4, 0.5) is 4.79 Å². The molecule has 4 fully saturated rings. The summed E-state index contributed by atoms with van der Waals surface area (Å²) in [6.45, 7) is 6.92. The molecule has 36 heavy (non-hydrogen) atoms. The molecule has 0 unspecified atom stereocenters. The predicted octanol–water partition coefficient (Wildman–Crippen LogP) is 0.400. The van der Waals surface area contributed by atoms with Crippen molar-refractivity contribution in [1.82, 2.24) is 15.5 Å². The second kappa shape index (κ2) is 9.55. The molecule has 0 aromatic rings. The Morgan fingerprint density at radius 1 is 1.14 bits per heavy atom. The Morgan fingerprint density at radius 3 is 2.36 bits per heavy atom. The van der Waals surface area contributed by atoms with E-state index in [0.717, 1.165) is 19.3 Å². The first-order chi connectivity index (χ1) is 16.9. The molecule has 2 saturated heterocycles. The van der Waals surface area contributed by atoms with Gasteiger partial charge in [-0.3, -0.25) is 19.2 Å². The van der Waals surface area contributed by atoms with Gasteiger partial charge < -0.3 is 31.7 Å². The maximum atomic E-state index is 13.9. The molecule has 2 aliphatic carbocycles. The second-order valence-electron chi connectivity index (χ2n) is 11.9. The number of likely N-dealkylation sites (tertiary alicyclic amines) is 1. The molecule has 5 amide bonds. The van der Waals surface area contributed by atoms with E-state index < -0.39 is 53.3 Å². The van der Waals surface area contributed by atoms with E-state index >= 15 is 0 Å². The van der Waals surface area contributed by atoms with Crippen LogP contribution >= 0.6 is 0 Å². The number of nitrogens with zero attached hydrogens (tertiary/aromatic N) is 1. The van der Waals surface area contributed by atoms with Gasteiger partial charge in [-0.15, -0.1) is 0 Å². The molecule has 0 radical (unpaired) electrons. The number of fused-ring (bicyclic) bond motifs is 1. The summed E-state index contributed by atoms with van der Waals surface area (Å²) in [5, 5.41) is 5.46. The number of piperidine rings is 1. The highest BCUT2D eigenvalue weighted by Gasteiger charge is 2.70. The maximum Gasteiger partial charge on any atom is 0.405 e. The van der Waals surface area contributed by atoms with Gasteiger partial charge in [-0.1, -0.05) is 40.0 Å². The number of carbonyl (C=O) groups is 5. The quantitative estimate of drug-likeness (QED) is 0.371. The predicted molar refractivity (Wildman–Crippen MR) is 129 cm³/mol. The van der Waals surface area contributed by atoms with Crippen molar-refractivity contribution in [2.75, 3.05) is 13.1 Å². The van der Waals surface area contributed by atoms with Gasteiger partial charge in [0, 0.05) is 24.4 Å². The van der Waals surface area contributed by atoms with Crippen LogP contribution < -0.4 is 22.1 Å². The zero-order valence-electron chi connectivity index (χ0n) is 21.4. The smallest absolute Gasteiger partial charge is 0.405 e. The second-order valence-corrected chi connectivity index (χ2v) is 11.9. The Hall–Kier alpha value is -2.85. The van der Waals surface area contributed by atoms with Crippen molar-refractivity contribution in [2.45, 2.75) is 83.9 Å². The highest BCUT2D eigenvalue weighted by molar-refractivity contribution is 5.95. The molecule has 6 N–H and O–H groups in total. The van der Waals surface area contributed by atoms with Gasteiger partial charge in [-0.2, -0.15) is 0 Å². The summed E-state index contributed by atoms with van der Waals surface area (Å²) >= 11 is 0. The average molecular weight is 506 g/mol. The van der Waals surface area contributed by atoms with Gasteiger partial charge in [0.1, 0.15) is 12.1 Å². The van der Waals surface area contributed by atoms with Gasteiger partial charge in [-0.25, -0.2) is 4.79 Å². The molecule has 4 rings (SSSR count). The van der Waals surface area contributed by atoms with Crippen LogP contribution in [0.2, 0.25) is 0 Å². The first-order valence-electron chi connectivity index (χ1n) is 13.0. The van der Waals surface area contributed by atoms with Crippen molar-refractivity contribution in [1.29, 1.82) is 0 Å². The highest BCUT2D eigenvalue weighted by Crippen LogP contribution is 2.65. The monoisotopic (exact) mass is 505 g/mol. The van der Waals surface area contributed by atoms with Crippen LogP contribution in [-0.4, -0.2) is 65.9 Å². The number of hydrogen-bond donors (Lipinski definition) is 4. The molecular weight excluding hydrogens is 466 g/mol. The topological polar surface area (TPSA) is 174 Å². The fourth-order valence-corrected chi connectivity index (χ4v) is 6.85. The van der Waals surface area contributed by atoms with Crippen LogP contribution in [0.5, 0.6) is 0 Å². The highest BCUT2D eigenvalue weighted by atomic mass is 16.6. The normalized spacial score (nSPS) is 31.5. The lowest BCUT2D eigenvalue weighted by Gasteiger charge is -2.42. The summed E-state index contributed by atoms with van der Waals surface area (Å²) in [6, 6.07) is -1.86. The van der Waals surface area contributed by atoms with Crippen molar-refractivity contribution in [3.05, 3.63) is 0 Å². The van der Waals surface area contributed by atoms with E-state index in [9.17, 15) is 24.0 Å². The SMILES string of the molecule is CC1([C@H](OC(N)=O)C(=O)N2C[C@H]3[C@@H]([C@H]2C(=O)N[C@@H](C[C@@H]2CCNC2=O)C(N)=O)C3(C)C)CCCCC1. The average Bonchev–Trinajstić information content (AvgIpc) is 3.16. The molecule has 11 heteroatoms. The number of nitrogens with one attached hydrogen (secondary N) is 2. The van der Waals surface area contributed by atoms with Crippen LogP contribution in [0.3, 0.4) is 0 Å². The summed E-state index contributed by atoms with van der Waals surface area (Å²) in [5.74, 6) is -2.19. The van der Waals surface area contributed by atoms with Gasteiger partial charge in [-0.05, 0) is 42.9 Å². The summed E-state index contributed by atoms with van der Waals surface area (Å²) in [6.07, 6.45) is 2.88. The van der Waals surface area contributed by atoms with Crippen molar-refractivity contribution >= 4 is 29.7 Å². The van der Waals surface area contributed by atoms with Gasteiger partial charge in [0.05, 0.1) is 0 Å². The minimum absolute atomic E-state index is 0.0989. The van der Waals surface area contributed by atoms with Gasteiger partial charge in [0.2, 0.25) is 17.7 Å². The molecular formula is C25H39N5O6. The Kier molecular flexibility index (Phi) is 6.96. The minimum atomic E-state index is -1.08. The summed E-state index contributed by atoms with van der Waals surface area (Å²) in [5.41, 5.74) is 10.2. The summed E-state index contributed by atoms with van der Waals surface area (Å²) in [7, 11) is 0. The third-order valence-electron chi connectivity index (χ3n) is 9.19. The van der Waals surface area contributed by atoms with Crippen LogP contribution in [0.15, 0.2) is 0 Å². The molecule has 6 atom stereocenters. The molecule has 0 bridgehead atoms. The Morgan fingerprint density at radius 2 is 1.81 bits per heavy atom. The van der Waals surface area contributed by atoms with Crippen molar-refractivity contribution in [3.63, 3.8) is 0 Å². The Bertz CT molecular complexity index is 945. The lowest BCUT2D eigenvalue weighted by Crippen LogP contribution is -2.58. The van der Waals surface area contributed by atoms with Gasteiger partial charge >= 0.3 is 6.09 Å². The number of nitrogens with two attached hydrogens (primary N) is 2. The van der Waals surface area contributed by atoms with E-state index in [1.807, 2.05) is 6.92 Å². The number of primary amides is 2. The fraction of sp³-hybridized carbons (Fsp3) is 0.800. The van der Waals surface area contributed by atoms with E-state index in [1.165, 1.54) is 4.90 Å². The van der Waals surface area contributed by atoms with Gasteiger partial charge in [0.25, 0.3) is 5.91 Å².